The molecule has 0 amide bonds. The third-order valence-electron chi connectivity index (χ3n) is 4.61. The van der Waals surface area contributed by atoms with Gasteiger partial charge in [-0.05, 0) is 42.0 Å². The Hall–Kier alpha value is -2.93. The number of benzene rings is 3. The van der Waals surface area contributed by atoms with Crippen molar-refractivity contribution >= 4 is 22.6 Å². The van der Waals surface area contributed by atoms with Crippen LogP contribution in [0.3, 0.4) is 0 Å². The first kappa shape index (κ1) is 20.3. The minimum atomic E-state index is -0.670. The summed E-state index contributed by atoms with van der Waals surface area (Å²) in [6.45, 7) is 1.16. The molecule has 1 heterocycles. The molecule has 4 aromatic rings. The molecule has 154 valence electrons. The number of hydrogen-bond acceptors (Lipinski definition) is 5. The van der Waals surface area contributed by atoms with Crippen molar-refractivity contribution in [2.75, 3.05) is 13.2 Å². The van der Waals surface area contributed by atoms with Gasteiger partial charge in [0.25, 0.3) is 0 Å². The summed E-state index contributed by atoms with van der Waals surface area (Å²) in [5.74, 6) is 0.225. The van der Waals surface area contributed by atoms with Crippen LogP contribution >= 0.6 is 11.6 Å². The Morgan fingerprint density at radius 1 is 1.10 bits per heavy atom. The quantitative estimate of drug-likeness (QED) is 0.423. The molecule has 0 aliphatic rings. The Bertz CT molecular complexity index is 1130. The Morgan fingerprint density at radius 2 is 1.93 bits per heavy atom. The fourth-order valence-electron chi connectivity index (χ4n) is 3.09. The highest BCUT2D eigenvalue weighted by atomic mass is 35.5. The maximum Gasteiger partial charge on any atom is 0.170 e. The zero-order valence-corrected chi connectivity index (χ0v) is 16.8. The lowest BCUT2D eigenvalue weighted by molar-refractivity contribution is 0.106. The van der Waals surface area contributed by atoms with Gasteiger partial charge in [0.1, 0.15) is 30.0 Å². The summed E-state index contributed by atoms with van der Waals surface area (Å²) in [6, 6.07) is 19.2. The average Bonchev–Trinajstić information content (AvgIpc) is 3.17. The van der Waals surface area contributed by atoms with Crippen LogP contribution in [0, 0.1) is 5.82 Å². The van der Waals surface area contributed by atoms with Gasteiger partial charge in [0.05, 0.1) is 0 Å². The predicted octanol–water partition coefficient (Wildman–Crippen LogP) is 4.82. The van der Waals surface area contributed by atoms with E-state index in [1.807, 2.05) is 42.5 Å². The summed E-state index contributed by atoms with van der Waals surface area (Å²) in [7, 11) is 0. The average molecular weight is 427 g/mol. The Labute approximate surface area is 178 Å². The zero-order valence-electron chi connectivity index (χ0n) is 16.0. The Balaban J connectivity index is 1.33. The Morgan fingerprint density at radius 3 is 2.77 bits per heavy atom. The zero-order chi connectivity index (χ0) is 20.9. The molecular weight excluding hydrogens is 407 g/mol. The number of hydrogen-bond donors (Lipinski definition) is 2. The van der Waals surface area contributed by atoms with Crippen molar-refractivity contribution in [1.82, 2.24) is 10.5 Å². The molecule has 4 rings (SSSR count). The summed E-state index contributed by atoms with van der Waals surface area (Å²) < 4.78 is 24.3. The molecule has 0 unspecified atom stereocenters. The molecule has 0 aliphatic carbocycles. The second kappa shape index (κ2) is 9.26. The van der Waals surface area contributed by atoms with Crippen LogP contribution in [-0.2, 0) is 6.54 Å². The molecule has 1 atom stereocenters. The molecule has 5 nitrogen and oxygen atoms in total. The van der Waals surface area contributed by atoms with Crippen molar-refractivity contribution < 1.29 is 18.8 Å². The number of aliphatic hydroxyl groups is 1. The van der Waals surface area contributed by atoms with Gasteiger partial charge in [-0.1, -0.05) is 41.0 Å². The lowest BCUT2D eigenvalue weighted by atomic mass is 10.1. The predicted molar refractivity (Wildman–Crippen MR) is 114 cm³/mol. The lowest BCUT2D eigenvalue weighted by Gasteiger charge is -2.14. The van der Waals surface area contributed by atoms with Gasteiger partial charge in [-0.3, -0.25) is 0 Å². The molecule has 0 spiro atoms. The van der Waals surface area contributed by atoms with Gasteiger partial charge in [0.15, 0.2) is 5.58 Å². The molecule has 30 heavy (non-hydrogen) atoms. The van der Waals surface area contributed by atoms with Gasteiger partial charge in [-0.2, -0.15) is 0 Å². The molecule has 2 N–H and O–H groups in total. The Kier molecular flexibility index (Phi) is 6.28. The summed E-state index contributed by atoms with van der Waals surface area (Å²) in [5, 5.41) is 18.8. The van der Waals surface area contributed by atoms with Crippen molar-refractivity contribution in [3.63, 3.8) is 0 Å². The van der Waals surface area contributed by atoms with Crippen molar-refractivity contribution in [3.05, 3.63) is 83.1 Å². The number of nitrogens with one attached hydrogen (secondary N) is 1. The molecule has 0 fully saturated rings. The van der Waals surface area contributed by atoms with E-state index in [1.165, 1.54) is 12.1 Å². The van der Waals surface area contributed by atoms with Crippen molar-refractivity contribution in [2.24, 2.45) is 0 Å². The van der Waals surface area contributed by atoms with E-state index in [0.29, 0.717) is 35.1 Å². The topological polar surface area (TPSA) is 67.5 Å². The van der Waals surface area contributed by atoms with Gasteiger partial charge >= 0.3 is 0 Å². The highest BCUT2D eigenvalue weighted by Gasteiger charge is 2.12. The molecule has 0 bridgehead atoms. The maximum atomic E-state index is 13.3. The molecule has 0 radical (unpaired) electrons. The molecule has 0 saturated heterocycles. The van der Waals surface area contributed by atoms with Gasteiger partial charge in [-0.15, -0.1) is 0 Å². The number of aromatic nitrogens is 1. The van der Waals surface area contributed by atoms with E-state index in [4.69, 9.17) is 20.9 Å². The van der Waals surface area contributed by atoms with Crippen LogP contribution in [0.5, 0.6) is 5.75 Å². The highest BCUT2D eigenvalue weighted by molar-refractivity contribution is 6.30. The molecule has 1 aromatic heterocycles. The fourth-order valence-corrected chi connectivity index (χ4v) is 3.22. The third-order valence-corrected chi connectivity index (χ3v) is 4.86. The van der Waals surface area contributed by atoms with Crippen LogP contribution in [-0.4, -0.2) is 29.5 Å². The molecule has 7 heteroatoms. The minimum absolute atomic E-state index is 0.141. The number of aliphatic hydroxyl groups excluding tert-OH is 1. The molecular formula is C23H20ClFN2O3. The van der Waals surface area contributed by atoms with E-state index in [-0.39, 0.29) is 12.4 Å². The van der Waals surface area contributed by atoms with Crippen molar-refractivity contribution in [2.45, 2.75) is 12.6 Å². The monoisotopic (exact) mass is 426 g/mol. The largest absolute Gasteiger partial charge is 0.491 e. The first-order valence-corrected chi connectivity index (χ1v) is 9.88. The third kappa shape index (κ3) is 4.97. The minimum Gasteiger partial charge on any atom is -0.491 e. The lowest BCUT2D eigenvalue weighted by Crippen LogP contribution is -2.31. The molecule has 3 aromatic carbocycles. The number of nitrogens with zero attached hydrogens (tertiary/aromatic N) is 1. The van der Waals surface area contributed by atoms with Crippen LogP contribution < -0.4 is 10.1 Å². The van der Waals surface area contributed by atoms with E-state index < -0.39 is 6.10 Å². The number of rotatable bonds is 8. The van der Waals surface area contributed by atoms with Crippen LogP contribution in [0.1, 0.15) is 5.56 Å². The van der Waals surface area contributed by atoms with E-state index in [9.17, 15) is 9.50 Å². The van der Waals surface area contributed by atoms with Crippen molar-refractivity contribution in [1.29, 1.82) is 0 Å². The summed E-state index contributed by atoms with van der Waals surface area (Å²) >= 11 is 5.87. The second-order valence-corrected chi connectivity index (χ2v) is 7.36. The van der Waals surface area contributed by atoms with Crippen LogP contribution in [0.25, 0.3) is 22.2 Å². The SMILES string of the molecule is O[C@H](CNCc1ccc(Cl)cc1)COc1cccc(-c2noc3cc(F)ccc23)c1. The van der Waals surface area contributed by atoms with Crippen LogP contribution in [0.15, 0.2) is 71.3 Å². The highest BCUT2D eigenvalue weighted by Crippen LogP contribution is 2.30. The van der Waals surface area contributed by atoms with Gasteiger partial charge in [0, 0.05) is 35.1 Å². The second-order valence-electron chi connectivity index (χ2n) is 6.92. The fraction of sp³-hybridized carbons (Fsp3) is 0.174. The standard InChI is InChI=1S/C23H20ClFN2O3/c24-17-6-4-15(5-7-17)12-26-13-19(28)14-29-20-3-1-2-16(10-20)23-21-9-8-18(25)11-22(21)30-27-23/h1-11,19,26,28H,12-14H2/t19-/m1/s1. The normalized spacial score (nSPS) is 12.2. The first-order chi connectivity index (χ1) is 14.6. The number of fused-ring (bicyclic) bond motifs is 1. The summed E-state index contributed by atoms with van der Waals surface area (Å²) in [5.41, 5.74) is 2.87. The van der Waals surface area contributed by atoms with Crippen LogP contribution in [0.4, 0.5) is 4.39 Å². The molecule has 0 aliphatic heterocycles. The van der Waals surface area contributed by atoms with Gasteiger partial charge in [-0.25, -0.2) is 4.39 Å². The van der Waals surface area contributed by atoms with E-state index >= 15 is 0 Å². The smallest absolute Gasteiger partial charge is 0.170 e. The maximum absolute atomic E-state index is 13.3. The summed E-state index contributed by atoms with van der Waals surface area (Å²) in [4.78, 5) is 0. The number of halogens is 2. The number of ether oxygens (including phenoxy) is 1. The van der Waals surface area contributed by atoms with Crippen LogP contribution in [0.2, 0.25) is 5.02 Å². The van der Waals surface area contributed by atoms with E-state index in [1.54, 1.807) is 12.1 Å². The van der Waals surface area contributed by atoms with Crippen molar-refractivity contribution in [3.8, 4) is 17.0 Å². The summed E-state index contributed by atoms with van der Waals surface area (Å²) in [6.07, 6.45) is -0.670. The van der Waals surface area contributed by atoms with Gasteiger partial charge in [0.2, 0.25) is 0 Å². The van der Waals surface area contributed by atoms with E-state index in [0.717, 1.165) is 16.5 Å². The first-order valence-electron chi connectivity index (χ1n) is 9.50. The molecule has 0 saturated carbocycles. The van der Waals surface area contributed by atoms with E-state index in [2.05, 4.69) is 10.5 Å². The van der Waals surface area contributed by atoms with Gasteiger partial charge < -0.3 is 19.7 Å².